The SMILES string of the molecule is C=CCn1c(O)c2c(c1O)C(CC)C=CC2. The monoisotopic (exact) mass is 219 g/mol. The summed E-state index contributed by atoms with van der Waals surface area (Å²) in [6, 6.07) is 0. The number of rotatable bonds is 3. The number of aromatic nitrogens is 1. The summed E-state index contributed by atoms with van der Waals surface area (Å²) in [7, 11) is 0. The molecule has 1 unspecified atom stereocenters. The van der Waals surface area contributed by atoms with Crippen LogP contribution in [0.2, 0.25) is 0 Å². The molecule has 2 N–H and O–H groups in total. The number of hydrogen-bond donors (Lipinski definition) is 2. The van der Waals surface area contributed by atoms with Gasteiger partial charge in [-0.3, -0.25) is 4.57 Å². The van der Waals surface area contributed by atoms with E-state index in [-0.39, 0.29) is 17.7 Å². The predicted octanol–water partition coefficient (Wildman–Crippen LogP) is 2.69. The van der Waals surface area contributed by atoms with Crippen LogP contribution in [0.3, 0.4) is 0 Å². The van der Waals surface area contributed by atoms with Gasteiger partial charge in [0.2, 0.25) is 0 Å². The topological polar surface area (TPSA) is 45.4 Å². The number of nitrogens with zero attached hydrogens (tertiary/aromatic N) is 1. The molecule has 0 saturated carbocycles. The maximum atomic E-state index is 10.1. The van der Waals surface area contributed by atoms with Gasteiger partial charge < -0.3 is 10.2 Å². The third kappa shape index (κ3) is 1.43. The molecule has 1 aromatic heterocycles. The normalized spacial score (nSPS) is 18.4. The van der Waals surface area contributed by atoms with Gasteiger partial charge in [-0.15, -0.1) is 6.58 Å². The van der Waals surface area contributed by atoms with Gasteiger partial charge in [-0.25, -0.2) is 0 Å². The van der Waals surface area contributed by atoms with E-state index in [0.717, 1.165) is 17.5 Å². The fraction of sp³-hybridized carbons (Fsp3) is 0.385. The van der Waals surface area contributed by atoms with Crippen molar-refractivity contribution < 1.29 is 10.2 Å². The predicted molar refractivity (Wildman–Crippen MR) is 63.8 cm³/mol. The minimum Gasteiger partial charge on any atom is -0.494 e. The molecule has 0 aliphatic heterocycles. The van der Waals surface area contributed by atoms with Crippen molar-refractivity contribution in [3.05, 3.63) is 35.9 Å². The number of aromatic hydroxyl groups is 2. The molecule has 16 heavy (non-hydrogen) atoms. The van der Waals surface area contributed by atoms with Crippen LogP contribution in [0.4, 0.5) is 0 Å². The molecule has 0 fully saturated rings. The summed E-state index contributed by atoms with van der Waals surface area (Å²) in [5, 5.41) is 20.1. The third-order valence-electron chi connectivity index (χ3n) is 3.16. The zero-order valence-corrected chi connectivity index (χ0v) is 9.48. The Morgan fingerprint density at radius 1 is 1.50 bits per heavy atom. The van der Waals surface area contributed by atoms with E-state index in [1.807, 2.05) is 6.08 Å². The average Bonchev–Trinajstić information content (AvgIpc) is 2.55. The number of allylic oxidation sites excluding steroid dienone is 3. The molecule has 0 spiro atoms. The molecule has 0 bridgehead atoms. The van der Waals surface area contributed by atoms with Gasteiger partial charge in [-0.1, -0.05) is 25.2 Å². The van der Waals surface area contributed by atoms with E-state index in [1.165, 1.54) is 4.57 Å². The van der Waals surface area contributed by atoms with Crippen LogP contribution in [0.1, 0.15) is 30.4 Å². The van der Waals surface area contributed by atoms with Crippen molar-refractivity contribution >= 4 is 0 Å². The molecule has 86 valence electrons. The van der Waals surface area contributed by atoms with Crippen LogP contribution in [-0.2, 0) is 13.0 Å². The van der Waals surface area contributed by atoms with Crippen LogP contribution in [0, 0.1) is 0 Å². The molecular formula is C13H17NO2. The van der Waals surface area contributed by atoms with Crippen molar-refractivity contribution in [2.24, 2.45) is 0 Å². The molecule has 1 heterocycles. The maximum Gasteiger partial charge on any atom is 0.198 e. The fourth-order valence-corrected chi connectivity index (χ4v) is 2.34. The molecule has 0 amide bonds. The Hall–Kier alpha value is -1.64. The second-order valence-corrected chi connectivity index (χ2v) is 4.09. The molecule has 1 aliphatic rings. The molecular weight excluding hydrogens is 202 g/mol. The molecule has 3 heteroatoms. The second-order valence-electron chi connectivity index (χ2n) is 4.09. The minimum atomic E-state index is 0.176. The van der Waals surface area contributed by atoms with Crippen molar-refractivity contribution in [2.75, 3.05) is 0 Å². The van der Waals surface area contributed by atoms with Crippen molar-refractivity contribution in [3.63, 3.8) is 0 Å². The first-order valence-corrected chi connectivity index (χ1v) is 5.61. The summed E-state index contributed by atoms with van der Waals surface area (Å²) >= 11 is 0. The summed E-state index contributed by atoms with van der Waals surface area (Å²) in [5.74, 6) is 0.569. The number of hydrogen-bond acceptors (Lipinski definition) is 2. The van der Waals surface area contributed by atoms with Crippen molar-refractivity contribution in [1.29, 1.82) is 0 Å². The van der Waals surface area contributed by atoms with Gasteiger partial charge in [0.1, 0.15) is 0 Å². The highest BCUT2D eigenvalue weighted by Crippen LogP contribution is 2.42. The van der Waals surface area contributed by atoms with Crippen LogP contribution in [0.25, 0.3) is 0 Å². The van der Waals surface area contributed by atoms with Gasteiger partial charge in [0, 0.05) is 23.6 Å². The molecule has 0 radical (unpaired) electrons. The summed E-state index contributed by atoms with van der Waals surface area (Å²) < 4.78 is 1.51. The largest absolute Gasteiger partial charge is 0.494 e. The Labute approximate surface area is 95.3 Å². The van der Waals surface area contributed by atoms with Gasteiger partial charge in [0.05, 0.1) is 0 Å². The van der Waals surface area contributed by atoms with E-state index >= 15 is 0 Å². The van der Waals surface area contributed by atoms with Gasteiger partial charge in [0.25, 0.3) is 0 Å². The Morgan fingerprint density at radius 3 is 2.88 bits per heavy atom. The first kappa shape index (κ1) is 10.9. The molecule has 1 aliphatic carbocycles. The highest BCUT2D eigenvalue weighted by atomic mass is 16.3. The molecule has 2 rings (SSSR count). The minimum absolute atomic E-state index is 0.176. The zero-order chi connectivity index (χ0) is 11.7. The van der Waals surface area contributed by atoms with E-state index in [4.69, 9.17) is 0 Å². The smallest absolute Gasteiger partial charge is 0.198 e. The van der Waals surface area contributed by atoms with Gasteiger partial charge >= 0.3 is 0 Å². The van der Waals surface area contributed by atoms with Gasteiger partial charge in [-0.2, -0.15) is 0 Å². The van der Waals surface area contributed by atoms with Crippen LogP contribution in [0.5, 0.6) is 11.8 Å². The van der Waals surface area contributed by atoms with Gasteiger partial charge in [0.15, 0.2) is 11.8 Å². The third-order valence-corrected chi connectivity index (χ3v) is 3.16. The lowest BCUT2D eigenvalue weighted by Crippen LogP contribution is -2.01. The molecule has 0 saturated heterocycles. The van der Waals surface area contributed by atoms with Crippen LogP contribution < -0.4 is 0 Å². The Morgan fingerprint density at radius 2 is 2.25 bits per heavy atom. The van der Waals surface area contributed by atoms with E-state index in [9.17, 15) is 10.2 Å². The highest BCUT2D eigenvalue weighted by molar-refractivity contribution is 5.52. The lowest BCUT2D eigenvalue weighted by molar-refractivity contribution is 0.375. The maximum absolute atomic E-state index is 10.1. The summed E-state index contributed by atoms with van der Waals surface area (Å²) in [6.45, 7) is 6.13. The highest BCUT2D eigenvalue weighted by Gasteiger charge is 2.27. The van der Waals surface area contributed by atoms with Crippen molar-refractivity contribution in [3.8, 4) is 11.8 Å². The Bertz CT molecular complexity index is 443. The van der Waals surface area contributed by atoms with Gasteiger partial charge in [-0.05, 0) is 12.8 Å². The van der Waals surface area contributed by atoms with E-state index < -0.39 is 0 Å². The first-order chi connectivity index (χ1) is 7.70. The van der Waals surface area contributed by atoms with Crippen LogP contribution in [0.15, 0.2) is 24.8 Å². The lowest BCUT2D eigenvalue weighted by atomic mass is 9.89. The fourth-order valence-electron chi connectivity index (χ4n) is 2.34. The second kappa shape index (κ2) is 4.08. The average molecular weight is 219 g/mol. The summed E-state index contributed by atoms with van der Waals surface area (Å²) in [6.07, 6.45) is 7.43. The Balaban J connectivity index is 2.56. The standard InChI is InChI=1S/C13H17NO2/c1-3-8-14-12(15)10-7-5-6-9(4-2)11(10)13(14)16/h3,5-6,9,15-16H,1,4,7-8H2,2H3. The summed E-state index contributed by atoms with van der Waals surface area (Å²) in [5.41, 5.74) is 1.73. The lowest BCUT2D eigenvalue weighted by Gasteiger charge is -2.15. The van der Waals surface area contributed by atoms with Crippen LogP contribution in [-0.4, -0.2) is 14.8 Å². The zero-order valence-electron chi connectivity index (χ0n) is 9.48. The van der Waals surface area contributed by atoms with Crippen LogP contribution >= 0.6 is 0 Å². The molecule has 3 nitrogen and oxygen atoms in total. The van der Waals surface area contributed by atoms with E-state index in [1.54, 1.807) is 6.08 Å². The van der Waals surface area contributed by atoms with Crippen molar-refractivity contribution in [1.82, 2.24) is 4.57 Å². The first-order valence-electron chi connectivity index (χ1n) is 5.61. The Kier molecular flexibility index (Phi) is 2.77. The quantitative estimate of drug-likeness (QED) is 0.768. The number of fused-ring (bicyclic) bond motifs is 1. The van der Waals surface area contributed by atoms with Crippen molar-refractivity contribution in [2.45, 2.75) is 32.2 Å². The van der Waals surface area contributed by atoms with E-state index in [0.29, 0.717) is 13.0 Å². The van der Waals surface area contributed by atoms with E-state index in [2.05, 4.69) is 19.6 Å². The summed E-state index contributed by atoms with van der Waals surface area (Å²) in [4.78, 5) is 0. The molecule has 1 atom stereocenters. The molecule has 0 aromatic carbocycles. The molecule has 1 aromatic rings.